The summed E-state index contributed by atoms with van der Waals surface area (Å²) >= 11 is 0. The van der Waals surface area contributed by atoms with E-state index in [9.17, 15) is 4.79 Å². The summed E-state index contributed by atoms with van der Waals surface area (Å²) in [5.74, 6) is 0.187. The minimum atomic E-state index is -0.216. The number of hydrogen-bond acceptors (Lipinski definition) is 5. The van der Waals surface area contributed by atoms with Crippen LogP contribution in [-0.2, 0) is 4.74 Å². The standard InChI is InChI=1S/C17H22N4O2/c1-12-9-13(2)11-14(10-12)20-17-19-7-5-15(21-17)16(22)18-6-4-8-23-3/h5,7,9-11H,4,6,8H2,1-3H3,(H,18,22)(H,19,20,21). The number of methoxy groups -OCH3 is 1. The lowest BCUT2D eigenvalue weighted by Gasteiger charge is -2.09. The number of anilines is 2. The van der Waals surface area contributed by atoms with Crippen LogP contribution in [-0.4, -0.2) is 36.1 Å². The number of hydrogen-bond donors (Lipinski definition) is 2. The lowest BCUT2D eigenvalue weighted by molar-refractivity contribution is 0.0943. The molecule has 122 valence electrons. The number of aromatic nitrogens is 2. The molecule has 0 spiro atoms. The van der Waals surface area contributed by atoms with E-state index in [1.165, 1.54) is 0 Å². The van der Waals surface area contributed by atoms with E-state index in [2.05, 4.69) is 26.7 Å². The van der Waals surface area contributed by atoms with Gasteiger partial charge < -0.3 is 15.4 Å². The topological polar surface area (TPSA) is 76.1 Å². The number of amides is 1. The van der Waals surface area contributed by atoms with Gasteiger partial charge in [0.05, 0.1) is 0 Å². The van der Waals surface area contributed by atoms with E-state index in [1.807, 2.05) is 26.0 Å². The summed E-state index contributed by atoms with van der Waals surface area (Å²) in [7, 11) is 1.64. The van der Waals surface area contributed by atoms with Crippen LogP contribution in [0.15, 0.2) is 30.5 Å². The van der Waals surface area contributed by atoms with Crippen molar-refractivity contribution in [2.24, 2.45) is 0 Å². The van der Waals surface area contributed by atoms with Gasteiger partial charge in [0.15, 0.2) is 0 Å². The first kappa shape index (κ1) is 16.9. The maximum Gasteiger partial charge on any atom is 0.270 e. The van der Waals surface area contributed by atoms with Crippen LogP contribution in [0, 0.1) is 13.8 Å². The van der Waals surface area contributed by atoms with Crippen LogP contribution in [0.3, 0.4) is 0 Å². The summed E-state index contributed by atoms with van der Waals surface area (Å²) < 4.78 is 4.95. The Morgan fingerprint density at radius 2 is 1.96 bits per heavy atom. The van der Waals surface area contributed by atoms with Crippen molar-refractivity contribution in [1.82, 2.24) is 15.3 Å². The van der Waals surface area contributed by atoms with E-state index in [0.29, 0.717) is 24.8 Å². The average Bonchev–Trinajstić information content (AvgIpc) is 2.50. The molecule has 2 rings (SSSR count). The highest BCUT2D eigenvalue weighted by molar-refractivity contribution is 5.92. The lowest BCUT2D eigenvalue weighted by atomic mass is 10.1. The van der Waals surface area contributed by atoms with Gasteiger partial charge in [-0.15, -0.1) is 0 Å². The summed E-state index contributed by atoms with van der Waals surface area (Å²) in [5, 5.41) is 5.94. The van der Waals surface area contributed by atoms with Gasteiger partial charge in [-0.25, -0.2) is 9.97 Å². The van der Waals surface area contributed by atoms with Crippen LogP contribution in [0.4, 0.5) is 11.6 Å². The van der Waals surface area contributed by atoms with Crippen molar-refractivity contribution in [3.05, 3.63) is 47.3 Å². The zero-order valence-electron chi connectivity index (χ0n) is 13.7. The summed E-state index contributed by atoms with van der Waals surface area (Å²) in [6.45, 7) is 5.23. The van der Waals surface area contributed by atoms with E-state index >= 15 is 0 Å². The molecule has 0 saturated carbocycles. The maximum atomic E-state index is 12.1. The zero-order valence-corrected chi connectivity index (χ0v) is 13.7. The number of carbonyl (C=O) groups is 1. The predicted octanol–water partition coefficient (Wildman–Crippen LogP) is 2.60. The summed E-state index contributed by atoms with van der Waals surface area (Å²) in [6.07, 6.45) is 2.34. The Balaban J connectivity index is 2.03. The number of rotatable bonds is 7. The first-order chi connectivity index (χ1) is 11.1. The summed E-state index contributed by atoms with van der Waals surface area (Å²) in [4.78, 5) is 20.5. The predicted molar refractivity (Wildman–Crippen MR) is 90.1 cm³/mol. The number of benzene rings is 1. The average molecular weight is 314 g/mol. The van der Waals surface area contributed by atoms with E-state index in [4.69, 9.17) is 4.74 Å². The minimum Gasteiger partial charge on any atom is -0.385 e. The third-order valence-corrected chi connectivity index (χ3v) is 3.18. The molecule has 1 amide bonds. The van der Waals surface area contributed by atoms with Crippen LogP contribution in [0.1, 0.15) is 28.0 Å². The van der Waals surface area contributed by atoms with Crippen molar-refractivity contribution in [3.63, 3.8) is 0 Å². The summed E-state index contributed by atoms with van der Waals surface area (Å²) in [6, 6.07) is 7.70. The molecule has 0 aliphatic carbocycles. The molecular weight excluding hydrogens is 292 g/mol. The maximum absolute atomic E-state index is 12.1. The van der Waals surface area contributed by atoms with Crippen molar-refractivity contribution >= 4 is 17.5 Å². The third-order valence-electron chi connectivity index (χ3n) is 3.18. The van der Waals surface area contributed by atoms with Crippen molar-refractivity contribution in [3.8, 4) is 0 Å². The van der Waals surface area contributed by atoms with Crippen LogP contribution in [0.2, 0.25) is 0 Å². The SMILES string of the molecule is COCCCNC(=O)c1ccnc(Nc2cc(C)cc(C)c2)n1. The van der Waals surface area contributed by atoms with E-state index in [-0.39, 0.29) is 5.91 Å². The van der Waals surface area contributed by atoms with Crippen molar-refractivity contribution in [2.45, 2.75) is 20.3 Å². The number of nitrogens with one attached hydrogen (secondary N) is 2. The normalized spacial score (nSPS) is 10.4. The fourth-order valence-electron chi connectivity index (χ4n) is 2.23. The van der Waals surface area contributed by atoms with Gasteiger partial charge in [0.1, 0.15) is 5.69 Å². The molecule has 6 heteroatoms. The molecule has 0 bridgehead atoms. The lowest BCUT2D eigenvalue weighted by Crippen LogP contribution is -2.26. The molecule has 0 aliphatic heterocycles. The Kier molecular flexibility index (Phi) is 6.05. The summed E-state index contributed by atoms with van der Waals surface area (Å²) in [5.41, 5.74) is 3.54. The highest BCUT2D eigenvalue weighted by atomic mass is 16.5. The molecule has 0 radical (unpaired) electrons. The van der Waals surface area contributed by atoms with Gasteiger partial charge in [-0.1, -0.05) is 6.07 Å². The van der Waals surface area contributed by atoms with Crippen LogP contribution < -0.4 is 10.6 Å². The van der Waals surface area contributed by atoms with Gasteiger partial charge in [0.25, 0.3) is 5.91 Å². The molecule has 0 fully saturated rings. The van der Waals surface area contributed by atoms with E-state index in [1.54, 1.807) is 19.4 Å². The largest absolute Gasteiger partial charge is 0.385 e. The molecule has 1 aromatic heterocycles. The van der Waals surface area contributed by atoms with Crippen LogP contribution >= 0.6 is 0 Å². The van der Waals surface area contributed by atoms with Crippen molar-refractivity contribution in [1.29, 1.82) is 0 Å². The molecule has 6 nitrogen and oxygen atoms in total. The van der Waals surface area contributed by atoms with Crippen molar-refractivity contribution in [2.75, 3.05) is 25.6 Å². The van der Waals surface area contributed by atoms with Gasteiger partial charge in [-0.05, 0) is 49.6 Å². The third kappa shape index (κ3) is 5.34. The first-order valence-corrected chi connectivity index (χ1v) is 7.54. The second-order valence-electron chi connectivity index (χ2n) is 5.37. The molecule has 0 atom stereocenters. The Morgan fingerprint density at radius 3 is 2.65 bits per heavy atom. The molecule has 0 aliphatic rings. The first-order valence-electron chi connectivity index (χ1n) is 7.54. The highest BCUT2D eigenvalue weighted by Gasteiger charge is 2.08. The van der Waals surface area contributed by atoms with E-state index in [0.717, 1.165) is 23.2 Å². The second-order valence-corrected chi connectivity index (χ2v) is 5.37. The number of ether oxygens (including phenoxy) is 1. The number of aryl methyl sites for hydroxylation is 2. The molecule has 1 heterocycles. The van der Waals surface area contributed by atoms with Gasteiger partial charge in [-0.2, -0.15) is 0 Å². The molecule has 1 aromatic carbocycles. The molecule has 0 unspecified atom stereocenters. The molecule has 2 aromatic rings. The van der Waals surface area contributed by atoms with Crippen molar-refractivity contribution < 1.29 is 9.53 Å². The second kappa shape index (κ2) is 8.24. The molecule has 2 N–H and O–H groups in total. The molecule has 0 saturated heterocycles. The highest BCUT2D eigenvalue weighted by Crippen LogP contribution is 2.17. The fraction of sp³-hybridized carbons (Fsp3) is 0.353. The van der Waals surface area contributed by atoms with Gasteiger partial charge in [0, 0.05) is 32.1 Å². The smallest absolute Gasteiger partial charge is 0.270 e. The molecule has 23 heavy (non-hydrogen) atoms. The number of carbonyl (C=O) groups excluding carboxylic acids is 1. The van der Waals surface area contributed by atoms with Gasteiger partial charge in [0.2, 0.25) is 5.95 Å². The van der Waals surface area contributed by atoms with Crippen LogP contribution in [0.25, 0.3) is 0 Å². The monoisotopic (exact) mass is 314 g/mol. The Hall–Kier alpha value is -2.47. The molecular formula is C17H22N4O2. The zero-order chi connectivity index (χ0) is 16.7. The van der Waals surface area contributed by atoms with Gasteiger partial charge >= 0.3 is 0 Å². The number of nitrogens with zero attached hydrogens (tertiary/aromatic N) is 2. The minimum absolute atomic E-state index is 0.216. The Morgan fingerprint density at radius 1 is 1.22 bits per heavy atom. The quantitative estimate of drug-likeness (QED) is 0.768. The van der Waals surface area contributed by atoms with Gasteiger partial charge in [-0.3, -0.25) is 4.79 Å². The Labute approximate surface area is 136 Å². The fourth-order valence-corrected chi connectivity index (χ4v) is 2.23. The van der Waals surface area contributed by atoms with Crippen LogP contribution in [0.5, 0.6) is 0 Å². The Bertz CT molecular complexity index is 653. The van der Waals surface area contributed by atoms with E-state index < -0.39 is 0 Å².